The zero-order valence-electron chi connectivity index (χ0n) is 25.2. The molecule has 0 bridgehead atoms. The summed E-state index contributed by atoms with van der Waals surface area (Å²) >= 11 is 0. The summed E-state index contributed by atoms with van der Waals surface area (Å²) in [6, 6.07) is 20.7. The Labute approximate surface area is 263 Å². The summed E-state index contributed by atoms with van der Waals surface area (Å²) in [7, 11) is 0. The number of benzene rings is 3. The molecule has 0 radical (unpaired) electrons. The number of H-pyrrole nitrogens is 1. The lowest BCUT2D eigenvalue weighted by Crippen LogP contribution is -2.26. The van der Waals surface area contributed by atoms with Crippen LogP contribution < -0.4 is 4.74 Å². The lowest BCUT2D eigenvalue weighted by atomic mass is 9.98. The summed E-state index contributed by atoms with van der Waals surface area (Å²) in [5, 5.41) is 14.4. The number of esters is 1. The van der Waals surface area contributed by atoms with Gasteiger partial charge in [0.05, 0.1) is 23.1 Å². The van der Waals surface area contributed by atoms with Crippen LogP contribution in [0.1, 0.15) is 54.9 Å². The summed E-state index contributed by atoms with van der Waals surface area (Å²) in [5.74, 6) is -0.241. The van der Waals surface area contributed by atoms with Crippen molar-refractivity contribution in [2.45, 2.75) is 58.0 Å². The van der Waals surface area contributed by atoms with Gasteiger partial charge in [-0.3, -0.25) is 4.57 Å². The van der Waals surface area contributed by atoms with E-state index in [-0.39, 0.29) is 30.8 Å². The second-order valence-corrected chi connectivity index (χ2v) is 10.9. The second kappa shape index (κ2) is 14.2. The third-order valence-corrected chi connectivity index (χ3v) is 7.73. The molecule has 1 aliphatic rings. The van der Waals surface area contributed by atoms with E-state index in [0.29, 0.717) is 16.9 Å². The molecule has 46 heavy (non-hydrogen) atoms. The van der Waals surface area contributed by atoms with Gasteiger partial charge in [-0.15, -0.1) is 10.2 Å². The number of hydrogen-bond donors (Lipinski definition) is 1. The van der Waals surface area contributed by atoms with E-state index < -0.39 is 25.1 Å². The van der Waals surface area contributed by atoms with Crippen LogP contribution in [0.3, 0.4) is 0 Å². The SMILES string of the molecule is CC(OC(=O)OC1CCCCC1)OC(=O)c1cccc2nc(OCCF)n(Cc3ccc(-c4ccccc4-c4nn[nH]n4)cc3)c12. The number of halogens is 1. The molecule has 1 atom stereocenters. The average Bonchev–Trinajstić information content (AvgIpc) is 3.73. The van der Waals surface area contributed by atoms with Gasteiger partial charge in [0, 0.05) is 12.5 Å². The molecular formula is C33H33FN6O6. The molecule has 2 heterocycles. The maximum atomic E-state index is 13.4. The quantitative estimate of drug-likeness (QED) is 0.131. The first kappa shape index (κ1) is 30.7. The van der Waals surface area contributed by atoms with Crippen LogP contribution in [0.2, 0.25) is 0 Å². The standard InChI is InChI=1S/C33H33FN6O6/c1-21(45-33(42)46-24-8-3-2-4-9-24)44-31(41)27-12-7-13-28-29(27)40(32(35-28)43-19-18-34)20-22-14-16-23(17-15-22)25-10-5-6-11-26(25)30-36-38-39-37-30/h5-7,10-17,21,24H,2-4,8-9,18-20H2,1H3,(H,36,37,38,39). The number of hydrogen-bond acceptors (Lipinski definition) is 10. The van der Waals surface area contributed by atoms with Gasteiger partial charge in [-0.1, -0.05) is 61.0 Å². The molecule has 1 saturated carbocycles. The monoisotopic (exact) mass is 628 g/mol. The summed E-state index contributed by atoms with van der Waals surface area (Å²) in [4.78, 5) is 30.2. The molecule has 5 aromatic rings. The van der Waals surface area contributed by atoms with Gasteiger partial charge >= 0.3 is 12.1 Å². The van der Waals surface area contributed by atoms with Crippen molar-refractivity contribution in [3.63, 3.8) is 0 Å². The fraction of sp³-hybridized carbons (Fsp3) is 0.333. The minimum absolute atomic E-state index is 0.153. The highest BCUT2D eigenvalue weighted by molar-refractivity contribution is 6.02. The highest BCUT2D eigenvalue weighted by Crippen LogP contribution is 2.31. The van der Waals surface area contributed by atoms with Gasteiger partial charge in [-0.2, -0.15) is 10.2 Å². The summed E-state index contributed by atoms with van der Waals surface area (Å²) in [6.45, 7) is 0.794. The second-order valence-electron chi connectivity index (χ2n) is 10.9. The summed E-state index contributed by atoms with van der Waals surface area (Å²) < 4.78 is 36.6. The van der Waals surface area contributed by atoms with Crippen LogP contribution in [0.15, 0.2) is 66.7 Å². The van der Waals surface area contributed by atoms with Gasteiger partial charge in [0.15, 0.2) is 0 Å². The van der Waals surface area contributed by atoms with Crippen LogP contribution >= 0.6 is 0 Å². The maximum Gasteiger partial charge on any atom is 0.511 e. The van der Waals surface area contributed by atoms with Crippen LogP contribution in [-0.4, -0.2) is 68.0 Å². The number of aromatic nitrogens is 6. The van der Waals surface area contributed by atoms with Crippen molar-refractivity contribution in [2.75, 3.05) is 13.3 Å². The molecular weight excluding hydrogens is 595 g/mol. The number of nitrogens with one attached hydrogen (secondary N) is 1. The maximum absolute atomic E-state index is 13.4. The smallest absolute Gasteiger partial charge is 0.462 e. The lowest BCUT2D eigenvalue weighted by molar-refractivity contribution is -0.0914. The number of carbonyl (C=O) groups is 2. The fourth-order valence-electron chi connectivity index (χ4n) is 5.61. The van der Waals surface area contributed by atoms with Gasteiger partial charge in [0.2, 0.25) is 12.1 Å². The number of carbonyl (C=O) groups excluding carboxylic acids is 2. The number of aromatic amines is 1. The predicted octanol–water partition coefficient (Wildman–Crippen LogP) is 6.27. The first-order chi connectivity index (χ1) is 22.5. The molecule has 238 valence electrons. The van der Waals surface area contributed by atoms with Gasteiger partial charge < -0.3 is 18.9 Å². The van der Waals surface area contributed by atoms with Crippen molar-refractivity contribution >= 4 is 23.2 Å². The van der Waals surface area contributed by atoms with E-state index in [9.17, 15) is 14.0 Å². The van der Waals surface area contributed by atoms with E-state index in [2.05, 4.69) is 25.6 Å². The number of imidazole rings is 1. The average molecular weight is 629 g/mol. The molecule has 13 heteroatoms. The Bertz CT molecular complexity index is 1790. The van der Waals surface area contributed by atoms with Crippen LogP contribution in [0, 0.1) is 0 Å². The fourth-order valence-corrected chi connectivity index (χ4v) is 5.61. The number of para-hydroxylation sites is 1. The molecule has 0 aliphatic heterocycles. The van der Waals surface area contributed by atoms with Crippen molar-refractivity contribution in [1.82, 2.24) is 30.2 Å². The van der Waals surface area contributed by atoms with Crippen molar-refractivity contribution < 1.29 is 32.9 Å². The number of ether oxygens (including phenoxy) is 4. The molecule has 1 N–H and O–H groups in total. The Balaban J connectivity index is 1.23. The Kier molecular flexibility index (Phi) is 9.46. The third kappa shape index (κ3) is 6.98. The van der Waals surface area contributed by atoms with Gasteiger partial charge in [0.1, 0.15) is 19.4 Å². The Morgan fingerprint density at radius 3 is 2.50 bits per heavy atom. The summed E-state index contributed by atoms with van der Waals surface area (Å²) in [6.07, 6.45) is 2.43. The van der Waals surface area contributed by atoms with Crippen molar-refractivity contribution in [1.29, 1.82) is 0 Å². The Morgan fingerprint density at radius 2 is 1.76 bits per heavy atom. The Morgan fingerprint density at radius 1 is 0.978 bits per heavy atom. The number of tetrazole rings is 1. The molecule has 0 saturated heterocycles. The molecule has 0 amide bonds. The molecule has 12 nitrogen and oxygen atoms in total. The van der Waals surface area contributed by atoms with Crippen molar-refractivity contribution in [3.8, 4) is 28.5 Å². The minimum Gasteiger partial charge on any atom is -0.462 e. The van der Waals surface area contributed by atoms with Crippen LogP contribution in [0.5, 0.6) is 6.01 Å². The zero-order valence-corrected chi connectivity index (χ0v) is 25.2. The molecule has 1 fully saturated rings. The van der Waals surface area contributed by atoms with E-state index in [1.807, 2.05) is 48.5 Å². The third-order valence-electron chi connectivity index (χ3n) is 7.73. The first-order valence-corrected chi connectivity index (χ1v) is 15.2. The number of rotatable bonds is 11. The lowest BCUT2D eigenvalue weighted by Gasteiger charge is -2.22. The number of nitrogens with zero attached hydrogens (tertiary/aromatic N) is 5. The molecule has 2 aromatic heterocycles. The van der Waals surface area contributed by atoms with Crippen LogP contribution in [0.25, 0.3) is 33.5 Å². The largest absolute Gasteiger partial charge is 0.511 e. The van der Waals surface area contributed by atoms with E-state index in [0.717, 1.165) is 54.4 Å². The molecule has 0 spiro atoms. The van der Waals surface area contributed by atoms with Gasteiger partial charge in [-0.05, 0) is 59.7 Å². The predicted molar refractivity (Wildman–Crippen MR) is 165 cm³/mol. The first-order valence-electron chi connectivity index (χ1n) is 15.2. The van der Waals surface area contributed by atoms with E-state index >= 15 is 0 Å². The molecule has 3 aromatic carbocycles. The highest BCUT2D eigenvalue weighted by atomic mass is 19.1. The zero-order chi connectivity index (χ0) is 31.9. The normalized spacial score (nSPS) is 14.1. The minimum atomic E-state index is -1.19. The Hall–Kier alpha value is -5.33. The number of alkyl halides is 1. The van der Waals surface area contributed by atoms with Crippen molar-refractivity contribution in [2.24, 2.45) is 0 Å². The molecule has 1 aliphatic carbocycles. The van der Waals surface area contributed by atoms with Gasteiger partial charge in [0.25, 0.3) is 6.01 Å². The van der Waals surface area contributed by atoms with Crippen LogP contribution in [0.4, 0.5) is 9.18 Å². The number of fused-ring (bicyclic) bond motifs is 1. The van der Waals surface area contributed by atoms with Gasteiger partial charge in [-0.25, -0.2) is 14.0 Å². The van der Waals surface area contributed by atoms with Crippen molar-refractivity contribution in [3.05, 3.63) is 77.9 Å². The van der Waals surface area contributed by atoms with E-state index in [1.165, 1.54) is 6.92 Å². The topological polar surface area (TPSA) is 143 Å². The highest BCUT2D eigenvalue weighted by Gasteiger charge is 2.25. The van der Waals surface area contributed by atoms with Crippen LogP contribution in [-0.2, 0) is 20.8 Å². The van der Waals surface area contributed by atoms with E-state index in [4.69, 9.17) is 18.9 Å². The summed E-state index contributed by atoms with van der Waals surface area (Å²) in [5.41, 5.74) is 4.64. The molecule has 6 rings (SSSR count). The van der Waals surface area contributed by atoms with E-state index in [1.54, 1.807) is 22.8 Å². The molecule has 1 unspecified atom stereocenters.